The Morgan fingerprint density at radius 2 is 1.85 bits per heavy atom. The molecule has 2 aromatic heterocycles. The Labute approximate surface area is 146 Å². The quantitative estimate of drug-likeness (QED) is 0.547. The Balaban J connectivity index is 1.89. The Hall–Kier alpha value is -3.17. The molecule has 2 aromatic carbocycles. The maximum absolute atomic E-state index is 12.3. The summed E-state index contributed by atoms with van der Waals surface area (Å²) < 4.78 is 38.9. The lowest BCUT2D eigenvalue weighted by molar-refractivity contribution is 0.414. The highest BCUT2D eigenvalue weighted by molar-refractivity contribution is 7.89. The average molecular weight is 372 g/mol. The second-order valence-corrected chi connectivity index (χ2v) is 7.11. The number of hydrogen-bond acceptors (Lipinski definition) is 7. The summed E-state index contributed by atoms with van der Waals surface area (Å²) in [6.07, 6.45) is 0. The van der Waals surface area contributed by atoms with Crippen LogP contribution < -0.4 is 15.5 Å². The van der Waals surface area contributed by atoms with E-state index in [4.69, 9.17) is 18.7 Å². The lowest BCUT2D eigenvalue weighted by Gasteiger charge is -2.02. The van der Waals surface area contributed by atoms with Gasteiger partial charge in [-0.2, -0.15) is 0 Å². The number of benzene rings is 2. The van der Waals surface area contributed by atoms with Crippen molar-refractivity contribution in [3.05, 3.63) is 52.9 Å². The molecule has 0 amide bonds. The van der Waals surface area contributed by atoms with Gasteiger partial charge in [-0.05, 0) is 36.4 Å². The third kappa shape index (κ3) is 2.72. The van der Waals surface area contributed by atoms with Crippen molar-refractivity contribution in [2.24, 2.45) is 5.14 Å². The molecule has 0 aliphatic carbocycles. The summed E-state index contributed by atoms with van der Waals surface area (Å²) in [7, 11) is -2.35. The zero-order valence-corrected chi connectivity index (χ0v) is 14.2. The molecule has 9 heteroatoms. The molecule has 0 bridgehead atoms. The van der Waals surface area contributed by atoms with E-state index in [2.05, 4.69) is 4.98 Å². The fourth-order valence-corrected chi connectivity index (χ4v) is 3.10. The van der Waals surface area contributed by atoms with Crippen molar-refractivity contribution in [1.82, 2.24) is 4.98 Å². The molecule has 0 saturated heterocycles. The first kappa shape index (κ1) is 16.3. The number of nitrogens with two attached hydrogens (primary N) is 1. The van der Waals surface area contributed by atoms with Crippen LogP contribution in [-0.2, 0) is 10.0 Å². The minimum absolute atomic E-state index is 0.0260. The summed E-state index contributed by atoms with van der Waals surface area (Å²) in [6.45, 7) is 0. The number of methoxy groups -OCH3 is 1. The molecule has 0 aliphatic rings. The predicted molar refractivity (Wildman–Crippen MR) is 93.4 cm³/mol. The normalized spacial score (nSPS) is 11.9. The number of aromatic nitrogens is 1. The number of fused-ring (bicyclic) bond motifs is 2. The van der Waals surface area contributed by atoms with E-state index in [9.17, 15) is 13.2 Å². The lowest BCUT2D eigenvalue weighted by atomic mass is 10.2. The number of oxazole rings is 1. The zero-order valence-electron chi connectivity index (χ0n) is 13.4. The maximum atomic E-state index is 12.3. The van der Waals surface area contributed by atoms with Crippen molar-refractivity contribution in [2.45, 2.75) is 4.90 Å². The largest absolute Gasteiger partial charge is 0.497 e. The topological polar surface area (TPSA) is 126 Å². The molecule has 132 valence electrons. The molecule has 0 aliphatic heterocycles. The summed E-state index contributed by atoms with van der Waals surface area (Å²) in [5.41, 5.74) is 0.438. The van der Waals surface area contributed by atoms with E-state index in [1.807, 2.05) is 0 Å². The Kier molecular flexibility index (Phi) is 3.56. The Bertz CT molecular complexity index is 1320. The molecule has 26 heavy (non-hydrogen) atoms. The fraction of sp³-hybridized carbons (Fsp3) is 0.0588. The average Bonchev–Trinajstić information content (AvgIpc) is 3.02. The smallest absolute Gasteiger partial charge is 0.349 e. The first-order valence-corrected chi connectivity index (χ1v) is 8.95. The van der Waals surface area contributed by atoms with Gasteiger partial charge in [-0.25, -0.2) is 23.3 Å². The van der Waals surface area contributed by atoms with Crippen molar-refractivity contribution in [3.8, 4) is 17.2 Å². The highest BCUT2D eigenvalue weighted by atomic mass is 32.2. The molecule has 0 atom stereocenters. The van der Waals surface area contributed by atoms with Crippen LogP contribution in [0.3, 0.4) is 0 Å². The first-order chi connectivity index (χ1) is 12.3. The first-order valence-electron chi connectivity index (χ1n) is 7.41. The van der Waals surface area contributed by atoms with Crippen molar-refractivity contribution in [1.29, 1.82) is 0 Å². The van der Waals surface area contributed by atoms with E-state index >= 15 is 0 Å². The van der Waals surface area contributed by atoms with Gasteiger partial charge in [0.15, 0.2) is 5.58 Å². The van der Waals surface area contributed by atoms with E-state index in [0.29, 0.717) is 22.3 Å². The molecular formula is C17H12N2O6S. The van der Waals surface area contributed by atoms with Crippen LogP contribution in [0.25, 0.3) is 33.5 Å². The summed E-state index contributed by atoms with van der Waals surface area (Å²) >= 11 is 0. The maximum Gasteiger partial charge on any atom is 0.349 e. The predicted octanol–water partition coefficient (Wildman–Crippen LogP) is 2.26. The van der Waals surface area contributed by atoms with Crippen LogP contribution in [0.1, 0.15) is 0 Å². The Morgan fingerprint density at radius 3 is 2.58 bits per heavy atom. The van der Waals surface area contributed by atoms with Crippen molar-refractivity contribution in [3.63, 3.8) is 0 Å². The van der Waals surface area contributed by atoms with Crippen LogP contribution in [-0.4, -0.2) is 20.5 Å². The van der Waals surface area contributed by atoms with Crippen LogP contribution in [0.2, 0.25) is 0 Å². The summed E-state index contributed by atoms with van der Waals surface area (Å²) in [5, 5.41) is 5.77. The molecule has 2 N–H and O–H groups in total. The molecule has 4 aromatic rings. The molecule has 0 fully saturated rings. The van der Waals surface area contributed by atoms with Crippen molar-refractivity contribution in [2.75, 3.05) is 7.11 Å². The monoisotopic (exact) mass is 372 g/mol. The summed E-state index contributed by atoms with van der Waals surface area (Å²) in [6, 6.07) is 10.7. The van der Waals surface area contributed by atoms with Gasteiger partial charge in [0.25, 0.3) is 0 Å². The van der Waals surface area contributed by atoms with Crippen molar-refractivity contribution >= 4 is 32.1 Å². The van der Waals surface area contributed by atoms with E-state index < -0.39 is 15.6 Å². The molecule has 0 saturated carbocycles. The second-order valence-electron chi connectivity index (χ2n) is 5.54. The van der Waals surface area contributed by atoms with E-state index in [-0.39, 0.29) is 21.9 Å². The fourth-order valence-electron chi connectivity index (χ4n) is 2.57. The highest BCUT2D eigenvalue weighted by Gasteiger charge is 2.17. The minimum atomic E-state index is -3.87. The highest BCUT2D eigenvalue weighted by Crippen LogP contribution is 2.27. The SMILES string of the molecule is COc1ccc2cc(-c3nc4cc(S(N)(=O)=O)ccc4o3)c(=O)oc2c1. The van der Waals surface area contributed by atoms with Gasteiger partial charge in [-0.15, -0.1) is 0 Å². The molecule has 0 spiro atoms. The molecule has 2 heterocycles. The van der Waals surface area contributed by atoms with Crippen LogP contribution in [0, 0.1) is 0 Å². The lowest BCUT2D eigenvalue weighted by Crippen LogP contribution is -2.11. The second kappa shape index (κ2) is 5.68. The molecule has 4 rings (SSSR count). The minimum Gasteiger partial charge on any atom is -0.497 e. The number of sulfonamides is 1. The van der Waals surface area contributed by atoms with Crippen LogP contribution >= 0.6 is 0 Å². The third-order valence-corrected chi connectivity index (χ3v) is 4.77. The van der Waals surface area contributed by atoms with Gasteiger partial charge < -0.3 is 13.6 Å². The number of rotatable bonds is 3. The molecule has 0 radical (unpaired) electrons. The van der Waals surface area contributed by atoms with Gasteiger partial charge >= 0.3 is 5.63 Å². The standard InChI is InChI=1S/C17H12N2O6S/c1-23-10-3-2-9-6-12(17(20)25-15(9)7-10)16-19-13-8-11(26(18,21)22)4-5-14(13)24-16/h2-8H,1H3,(H2,18,21,22). The van der Waals surface area contributed by atoms with E-state index in [0.717, 1.165) is 0 Å². The Morgan fingerprint density at radius 1 is 1.04 bits per heavy atom. The van der Waals surface area contributed by atoms with Crippen LogP contribution in [0.5, 0.6) is 5.75 Å². The van der Waals surface area contributed by atoms with Gasteiger partial charge in [0.05, 0.1) is 12.0 Å². The molecule has 0 unspecified atom stereocenters. The molecular weight excluding hydrogens is 360 g/mol. The number of nitrogens with zero attached hydrogens (tertiary/aromatic N) is 1. The summed E-state index contributed by atoms with van der Waals surface area (Å²) in [5.74, 6) is 0.587. The van der Waals surface area contributed by atoms with E-state index in [1.54, 1.807) is 24.3 Å². The van der Waals surface area contributed by atoms with Gasteiger partial charge in [-0.3, -0.25) is 0 Å². The van der Waals surface area contributed by atoms with Crippen molar-refractivity contribution < 1.29 is 22.0 Å². The number of primary sulfonamides is 1. The number of ether oxygens (including phenoxy) is 1. The van der Waals surface area contributed by atoms with E-state index in [1.165, 1.54) is 25.3 Å². The molecule has 8 nitrogen and oxygen atoms in total. The van der Waals surface area contributed by atoms with Gasteiger partial charge in [0.1, 0.15) is 22.4 Å². The third-order valence-electron chi connectivity index (χ3n) is 3.86. The van der Waals surface area contributed by atoms with Crippen LogP contribution in [0.4, 0.5) is 0 Å². The summed E-state index contributed by atoms with van der Waals surface area (Å²) in [4.78, 5) is 16.4. The van der Waals surface area contributed by atoms with Gasteiger partial charge in [0.2, 0.25) is 15.9 Å². The van der Waals surface area contributed by atoms with Gasteiger partial charge in [-0.1, -0.05) is 0 Å². The van der Waals surface area contributed by atoms with Crippen LogP contribution in [0.15, 0.2) is 61.0 Å². The van der Waals surface area contributed by atoms with Gasteiger partial charge in [0, 0.05) is 11.5 Å². The zero-order chi connectivity index (χ0) is 18.5. The number of hydrogen-bond donors (Lipinski definition) is 1.